The number of nitrogens with one attached hydrogen (secondary N) is 1. The van der Waals surface area contributed by atoms with Crippen molar-refractivity contribution in [2.24, 2.45) is 11.8 Å². The lowest BCUT2D eigenvalue weighted by molar-refractivity contribution is -0.138. The minimum atomic E-state index is -0.840. The quantitative estimate of drug-likeness (QED) is 0.780. The molecule has 1 aromatic heterocycles. The second-order valence-electron chi connectivity index (χ2n) is 4.78. The van der Waals surface area contributed by atoms with Crippen LogP contribution in [-0.2, 0) is 4.79 Å². The number of carbonyl (C=O) groups excluding carboxylic acids is 1. The van der Waals surface area contributed by atoms with E-state index in [2.05, 4.69) is 5.32 Å². The summed E-state index contributed by atoms with van der Waals surface area (Å²) in [6.07, 6.45) is 2.26. The molecule has 5 heteroatoms. The van der Waals surface area contributed by atoms with Crippen LogP contribution in [0.15, 0.2) is 22.8 Å². The predicted octanol–water partition coefficient (Wildman–Crippen LogP) is 2.15. The summed E-state index contributed by atoms with van der Waals surface area (Å²) in [6.45, 7) is 4.41. The summed E-state index contributed by atoms with van der Waals surface area (Å²) in [7, 11) is 0. The van der Waals surface area contributed by atoms with Gasteiger partial charge in [-0.05, 0) is 30.4 Å². The lowest BCUT2D eigenvalue weighted by Gasteiger charge is -2.17. The molecule has 0 aliphatic carbocycles. The van der Waals surface area contributed by atoms with Crippen LogP contribution >= 0.6 is 0 Å². The Kier molecular flexibility index (Phi) is 5.42. The Labute approximate surface area is 106 Å². The molecule has 1 unspecified atom stereocenters. The van der Waals surface area contributed by atoms with Crippen LogP contribution in [0.2, 0.25) is 0 Å². The zero-order valence-electron chi connectivity index (χ0n) is 10.7. The van der Waals surface area contributed by atoms with E-state index in [1.807, 2.05) is 13.8 Å². The van der Waals surface area contributed by atoms with E-state index in [0.29, 0.717) is 12.5 Å². The molecular weight excluding hydrogens is 234 g/mol. The van der Waals surface area contributed by atoms with E-state index < -0.39 is 5.97 Å². The summed E-state index contributed by atoms with van der Waals surface area (Å²) < 4.78 is 4.96. The lowest BCUT2D eigenvalue weighted by atomic mass is 9.94. The van der Waals surface area contributed by atoms with Gasteiger partial charge in [0.2, 0.25) is 0 Å². The molecule has 0 saturated carbocycles. The van der Waals surface area contributed by atoms with E-state index >= 15 is 0 Å². The minimum Gasteiger partial charge on any atom is -0.481 e. The van der Waals surface area contributed by atoms with Crippen molar-refractivity contribution in [3.05, 3.63) is 24.2 Å². The van der Waals surface area contributed by atoms with Gasteiger partial charge in [-0.3, -0.25) is 9.59 Å². The van der Waals surface area contributed by atoms with E-state index in [-0.39, 0.29) is 24.0 Å². The Morgan fingerprint density at radius 3 is 2.67 bits per heavy atom. The second-order valence-corrected chi connectivity index (χ2v) is 4.78. The summed E-state index contributed by atoms with van der Waals surface area (Å²) in [5, 5.41) is 11.5. The fourth-order valence-electron chi connectivity index (χ4n) is 1.88. The number of hydrogen-bond donors (Lipinski definition) is 2. The Balaban J connectivity index is 2.45. The van der Waals surface area contributed by atoms with Crippen molar-refractivity contribution in [2.45, 2.75) is 26.7 Å². The number of amides is 1. The first-order chi connectivity index (χ1) is 8.49. The number of furan rings is 1. The normalized spacial score (nSPS) is 12.4. The highest BCUT2D eigenvalue weighted by Crippen LogP contribution is 2.15. The van der Waals surface area contributed by atoms with Crippen LogP contribution in [0.4, 0.5) is 0 Å². The van der Waals surface area contributed by atoms with Gasteiger partial charge in [-0.25, -0.2) is 0 Å². The fraction of sp³-hybridized carbons (Fsp3) is 0.538. The van der Waals surface area contributed by atoms with Crippen molar-refractivity contribution in [1.29, 1.82) is 0 Å². The molecule has 0 aromatic carbocycles. The fourth-order valence-corrected chi connectivity index (χ4v) is 1.88. The molecule has 0 spiro atoms. The summed E-state index contributed by atoms with van der Waals surface area (Å²) in [5.74, 6) is -0.558. The highest BCUT2D eigenvalue weighted by Gasteiger charge is 2.17. The van der Waals surface area contributed by atoms with Gasteiger partial charge in [-0.15, -0.1) is 0 Å². The number of carboxylic acid groups (broad SMARTS) is 1. The molecular formula is C13H19NO4. The summed E-state index contributed by atoms with van der Waals surface area (Å²) >= 11 is 0. The molecule has 0 aliphatic heterocycles. The molecule has 0 bridgehead atoms. The van der Waals surface area contributed by atoms with Gasteiger partial charge in [0.05, 0.1) is 6.26 Å². The molecule has 0 aliphatic rings. The van der Waals surface area contributed by atoms with E-state index in [4.69, 9.17) is 9.52 Å². The average molecular weight is 253 g/mol. The van der Waals surface area contributed by atoms with Crippen LogP contribution in [0.3, 0.4) is 0 Å². The Hall–Kier alpha value is -1.78. The topological polar surface area (TPSA) is 79.5 Å². The number of carboxylic acids is 1. The van der Waals surface area contributed by atoms with Crippen LogP contribution in [-0.4, -0.2) is 23.5 Å². The monoisotopic (exact) mass is 253 g/mol. The molecule has 0 radical (unpaired) electrons. The first-order valence-electron chi connectivity index (χ1n) is 6.02. The lowest BCUT2D eigenvalue weighted by Crippen LogP contribution is -2.30. The van der Waals surface area contributed by atoms with Gasteiger partial charge in [-0.2, -0.15) is 0 Å². The summed E-state index contributed by atoms with van der Waals surface area (Å²) in [5.41, 5.74) is 0. The third-order valence-electron chi connectivity index (χ3n) is 2.56. The van der Waals surface area contributed by atoms with Gasteiger partial charge < -0.3 is 14.8 Å². The number of carbonyl (C=O) groups is 2. The smallest absolute Gasteiger partial charge is 0.303 e. The van der Waals surface area contributed by atoms with Gasteiger partial charge in [0.15, 0.2) is 5.76 Å². The Morgan fingerprint density at radius 1 is 1.44 bits per heavy atom. The third kappa shape index (κ3) is 5.03. The third-order valence-corrected chi connectivity index (χ3v) is 2.56. The Morgan fingerprint density at radius 2 is 2.17 bits per heavy atom. The van der Waals surface area contributed by atoms with Crippen LogP contribution in [0.25, 0.3) is 0 Å². The highest BCUT2D eigenvalue weighted by molar-refractivity contribution is 5.91. The molecule has 1 aromatic rings. The molecule has 1 atom stereocenters. The van der Waals surface area contributed by atoms with Gasteiger partial charge in [-0.1, -0.05) is 13.8 Å². The highest BCUT2D eigenvalue weighted by atomic mass is 16.4. The standard InChI is InChI=1S/C13H19NO4/c1-9(2)6-10(7-12(15)16)8-14-13(17)11-4-3-5-18-11/h3-5,9-10H,6-8H2,1-2H3,(H,14,17)(H,15,16). The van der Waals surface area contributed by atoms with Crippen LogP contribution in [0, 0.1) is 11.8 Å². The molecule has 0 fully saturated rings. The number of hydrogen-bond acceptors (Lipinski definition) is 3. The first-order valence-corrected chi connectivity index (χ1v) is 6.02. The van der Waals surface area contributed by atoms with Crippen LogP contribution in [0.1, 0.15) is 37.2 Å². The number of rotatable bonds is 7. The number of aliphatic carboxylic acids is 1. The zero-order valence-corrected chi connectivity index (χ0v) is 10.7. The van der Waals surface area contributed by atoms with Gasteiger partial charge in [0.25, 0.3) is 5.91 Å². The second kappa shape index (κ2) is 6.83. The molecule has 18 heavy (non-hydrogen) atoms. The summed E-state index contributed by atoms with van der Waals surface area (Å²) in [6, 6.07) is 3.21. The molecule has 100 valence electrons. The van der Waals surface area contributed by atoms with Crippen molar-refractivity contribution >= 4 is 11.9 Å². The SMILES string of the molecule is CC(C)CC(CNC(=O)c1ccco1)CC(=O)O. The maximum atomic E-state index is 11.6. The van der Waals surface area contributed by atoms with Crippen LogP contribution < -0.4 is 5.32 Å². The largest absolute Gasteiger partial charge is 0.481 e. The predicted molar refractivity (Wildman–Crippen MR) is 66.2 cm³/mol. The molecule has 0 saturated heterocycles. The molecule has 2 N–H and O–H groups in total. The van der Waals surface area contributed by atoms with E-state index in [0.717, 1.165) is 6.42 Å². The molecule has 5 nitrogen and oxygen atoms in total. The van der Waals surface area contributed by atoms with E-state index in [1.165, 1.54) is 6.26 Å². The van der Waals surface area contributed by atoms with E-state index in [9.17, 15) is 9.59 Å². The molecule has 1 heterocycles. The maximum Gasteiger partial charge on any atom is 0.303 e. The van der Waals surface area contributed by atoms with Crippen molar-refractivity contribution < 1.29 is 19.1 Å². The van der Waals surface area contributed by atoms with Crippen molar-refractivity contribution in [1.82, 2.24) is 5.32 Å². The van der Waals surface area contributed by atoms with Gasteiger partial charge in [0.1, 0.15) is 0 Å². The zero-order chi connectivity index (χ0) is 13.5. The minimum absolute atomic E-state index is 0.0542. The van der Waals surface area contributed by atoms with Gasteiger partial charge >= 0.3 is 5.97 Å². The van der Waals surface area contributed by atoms with Gasteiger partial charge in [0, 0.05) is 13.0 Å². The average Bonchev–Trinajstić information content (AvgIpc) is 2.77. The van der Waals surface area contributed by atoms with E-state index in [1.54, 1.807) is 12.1 Å². The summed E-state index contributed by atoms with van der Waals surface area (Å²) in [4.78, 5) is 22.4. The van der Waals surface area contributed by atoms with Crippen molar-refractivity contribution in [3.63, 3.8) is 0 Å². The van der Waals surface area contributed by atoms with Crippen molar-refractivity contribution in [2.75, 3.05) is 6.54 Å². The van der Waals surface area contributed by atoms with Crippen molar-refractivity contribution in [3.8, 4) is 0 Å². The Bertz CT molecular complexity index is 384. The molecule has 1 rings (SSSR count). The maximum absolute atomic E-state index is 11.6. The van der Waals surface area contributed by atoms with Crippen LogP contribution in [0.5, 0.6) is 0 Å². The molecule has 1 amide bonds. The first kappa shape index (κ1) is 14.3.